The van der Waals surface area contributed by atoms with Crippen molar-refractivity contribution in [3.05, 3.63) is 11.9 Å². The summed E-state index contributed by atoms with van der Waals surface area (Å²) in [6.07, 6.45) is 2.25. The van der Waals surface area contributed by atoms with Crippen LogP contribution in [-0.4, -0.2) is 29.0 Å². The Kier molecular flexibility index (Phi) is 4.19. The van der Waals surface area contributed by atoms with Crippen LogP contribution in [0.1, 0.15) is 38.4 Å². The first-order chi connectivity index (χ1) is 9.04. The van der Waals surface area contributed by atoms with E-state index in [1.807, 2.05) is 0 Å². The van der Waals surface area contributed by atoms with Gasteiger partial charge in [-0.15, -0.1) is 0 Å². The van der Waals surface area contributed by atoms with Gasteiger partial charge in [0.1, 0.15) is 17.5 Å². The van der Waals surface area contributed by atoms with E-state index in [0.717, 1.165) is 18.7 Å². The van der Waals surface area contributed by atoms with E-state index >= 15 is 0 Å². The molecule has 1 amide bonds. The van der Waals surface area contributed by atoms with E-state index in [0.29, 0.717) is 30.0 Å². The SMILES string of the molecule is CC(C)CNC(=O)CNc1cc(N)nc(C2CC2)n1. The maximum atomic E-state index is 11.6. The smallest absolute Gasteiger partial charge is 0.239 e. The van der Waals surface area contributed by atoms with Gasteiger partial charge in [-0.1, -0.05) is 13.8 Å². The molecular weight excluding hydrogens is 242 g/mol. The summed E-state index contributed by atoms with van der Waals surface area (Å²) in [6, 6.07) is 1.65. The molecular formula is C13H21N5O. The summed E-state index contributed by atoms with van der Waals surface area (Å²) in [7, 11) is 0. The van der Waals surface area contributed by atoms with E-state index in [9.17, 15) is 4.79 Å². The van der Waals surface area contributed by atoms with Gasteiger partial charge in [0.25, 0.3) is 0 Å². The van der Waals surface area contributed by atoms with Gasteiger partial charge in [0.15, 0.2) is 0 Å². The zero-order valence-corrected chi connectivity index (χ0v) is 11.4. The van der Waals surface area contributed by atoms with Crippen LogP contribution >= 0.6 is 0 Å². The summed E-state index contributed by atoms with van der Waals surface area (Å²) < 4.78 is 0. The summed E-state index contributed by atoms with van der Waals surface area (Å²) in [5.74, 6) is 2.69. The molecule has 0 saturated heterocycles. The molecule has 0 atom stereocenters. The maximum Gasteiger partial charge on any atom is 0.239 e. The van der Waals surface area contributed by atoms with Crippen LogP contribution in [0.4, 0.5) is 11.6 Å². The van der Waals surface area contributed by atoms with E-state index in [1.54, 1.807) is 6.07 Å². The third-order valence-corrected chi connectivity index (χ3v) is 2.84. The minimum Gasteiger partial charge on any atom is -0.384 e. The number of rotatable bonds is 6. The van der Waals surface area contributed by atoms with E-state index in [-0.39, 0.29) is 12.5 Å². The highest BCUT2D eigenvalue weighted by Crippen LogP contribution is 2.38. The molecule has 0 radical (unpaired) electrons. The number of nitrogens with zero attached hydrogens (tertiary/aromatic N) is 2. The molecule has 1 aromatic rings. The van der Waals surface area contributed by atoms with Crippen molar-refractivity contribution in [2.45, 2.75) is 32.6 Å². The van der Waals surface area contributed by atoms with Crippen molar-refractivity contribution in [2.75, 3.05) is 24.1 Å². The Morgan fingerprint density at radius 3 is 2.84 bits per heavy atom. The van der Waals surface area contributed by atoms with Crippen LogP contribution in [0.15, 0.2) is 6.07 Å². The summed E-state index contributed by atoms with van der Waals surface area (Å²) >= 11 is 0. The number of hydrogen-bond donors (Lipinski definition) is 3. The molecule has 2 rings (SSSR count). The fourth-order valence-electron chi connectivity index (χ4n) is 1.65. The first-order valence-electron chi connectivity index (χ1n) is 6.69. The first kappa shape index (κ1) is 13.6. The third kappa shape index (κ3) is 4.39. The molecule has 104 valence electrons. The summed E-state index contributed by atoms with van der Waals surface area (Å²) in [6.45, 7) is 4.99. The average Bonchev–Trinajstić information content (AvgIpc) is 3.17. The number of nitrogens with two attached hydrogens (primary N) is 1. The Hall–Kier alpha value is -1.85. The molecule has 0 bridgehead atoms. The van der Waals surface area contributed by atoms with Crippen LogP contribution in [0.2, 0.25) is 0 Å². The zero-order chi connectivity index (χ0) is 13.8. The van der Waals surface area contributed by atoms with Crippen molar-refractivity contribution in [1.82, 2.24) is 15.3 Å². The summed E-state index contributed by atoms with van der Waals surface area (Å²) in [5.41, 5.74) is 5.74. The van der Waals surface area contributed by atoms with Crippen LogP contribution in [-0.2, 0) is 4.79 Å². The van der Waals surface area contributed by atoms with Gasteiger partial charge in [-0.25, -0.2) is 9.97 Å². The van der Waals surface area contributed by atoms with E-state index in [1.165, 1.54) is 0 Å². The fraction of sp³-hybridized carbons (Fsp3) is 0.615. The Labute approximate surface area is 113 Å². The van der Waals surface area contributed by atoms with E-state index < -0.39 is 0 Å². The quantitative estimate of drug-likeness (QED) is 0.715. The average molecular weight is 263 g/mol. The Morgan fingerprint density at radius 2 is 2.21 bits per heavy atom. The number of anilines is 2. The number of hydrogen-bond acceptors (Lipinski definition) is 5. The molecule has 1 aliphatic rings. The van der Waals surface area contributed by atoms with E-state index in [4.69, 9.17) is 5.73 Å². The van der Waals surface area contributed by atoms with Gasteiger partial charge in [0.2, 0.25) is 5.91 Å². The lowest BCUT2D eigenvalue weighted by Crippen LogP contribution is -2.32. The number of nitrogen functional groups attached to an aromatic ring is 1. The Bertz CT molecular complexity index is 456. The molecule has 1 aliphatic carbocycles. The molecule has 0 aliphatic heterocycles. The van der Waals surface area contributed by atoms with Crippen molar-refractivity contribution in [1.29, 1.82) is 0 Å². The third-order valence-electron chi connectivity index (χ3n) is 2.84. The monoisotopic (exact) mass is 263 g/mol. The normalized spacial score (nSPS) is 14.5. The van der Waals surface area contributed by atoms with Crippen molar-refractivity contribution in [3.63, 3.8) is 0 Å². The van der Waals surface area contributed by atoms with Crippen molar-refractivity contribution in [3.8, 4) is 0 Å². The number of amides is 1. The van der Waals surface area contributed by atoms with Gasteiger partial charge >= 0.3 is 0 Å². The molecule has 1 aromatic heterocycles. The van der Waals surface area contributed by atoms with Crippen LogP contribution in [0, 0.1) is 5.92 Å². The zero-order valence-electron chi connectivity index (χ0n) is 11.4. The summed E-state index contributed by atoms with van der Waals surface area (Å²) in [4.78, 5) is 20.2. The van der Waals surface area contributed by atoms with E-state index in [2.05, 4.69) is 34.4 Å². The highest BCUT2D eigenvalue weighted by atomic mass is 16.1. The lowest BCUT2D eigenvalue weighted by atomic mass is 10.2. The molecule has 0 unspecified atom stereocenters. The molecule has 1 saturated carbocycles. The lowest BCUT2D eigenvalue weighted by molar-refractivity contribution is -0.119. The van der Waals surface area contributed by atoms with Gasteiger partial charge in [0, 0.05) is 18.5 Å². The van der Waals surface area contributed by atoms with Gasteiger partial charge in [-0.3, -0.25) is 4.79 Å². The largest absolute Gasteiger partial charge is 0.384 e. The Balaban J connectivity index is 1.86. The molecule has 1 fully saturated rings. The molecule has 6 nitrogen and oxygen atoms in total. The minimum atomic E-state index is -0.0427. The van der Waals surface area contributed by atoms with Gasteiger partial charge in [-0.2, -0.15) is 0 Å². The second kappa shape index (κ2) is 5.86. The predicted octanol–water partition coefficient (Wildman–Crippen LogP) is 1.12. The number of nitrogens with one attached hydrogen (secondary N) is 2. The molecule has 0 spiro atoms. The van der Waals surface area contributed by atoms with Crippen LogP contribution in [0.25, 0.3) is 0 Å². The Morgan fingerprint density at radius 1 is 1.47 bits per heavy atom. The standard InChI is InChI=1S/C13H21N5O/c1-8(2)6-16-12(19)7-15-11-5-10(14)17-13(18-11)9-3-4-9/h5,8-9H,3-4,6-7H2,1-2H3,(H,16,19)(H3,14,15,17,18). The van der Waals surface area contributed by atoms with Crippen molar-refractivity contribution in [2.24, 2.45) is 5.92 Å². The van der Waals surface area contributed by atoms with Crippen molar-refractivity contribution >= 4 is 17.5 Å². The second-order valence-electron chi connectivity index (χ2n) is 5.36. The number of aromatic nitrogens is 2. The predicted molar refractivity (Wildman–Crippen MR) is 74.8 cm³/mol. The fourth-order valence-corrected chi connectivity index (χ4v) is 1.65. The minimum absolute atomic E-state index is 0.0427. The van der Waals surface area contributed by atoms with Crippen LogP contribution in [0.3, 0.4) is 0 Å². The van der Waals surface area contributed by atoms with Crippen LogP contribution in [0.5, 0.6) is 0 Å². The lowest BCUT2D eigenvalue weighted by Gasteiger charge is -2.10. The first-order valence-corrected chi connectivity index (χ1v) is 6.69. The van der Waals surface area contributed by atoms with Crippen molar-refractivity contribution < 1.29 is 4.79 Å². The number of carbonyl (C=O) groups is 1. The second-order valence-corrected chi connectivity index (χ2v) is 5.36. The van der Waals surface area contributed by atoms with Gasteiger partial charge in [-0.05, 0) is 18.8 Å². The molecule has 1 heterocycles. The number of carbonyl (C=O) groups excluding carboxylic acids is 1. The van der Waals surface area contributed by atoms with Gasteiger partial charge in [0.05, 0.1) is 6.54 Å². The highest BCUT2D eigenvalue weighted by molar-refractivity contribution is 5.80. The van der Waals surface area contributed by atoms with Crippen LogP contribution < -0.4 is 16.4 Å². The molecule has 4 N–H and O–H groups in total. The summed E-state index contributed by atoms with van der Waals surface area (Å²) in [5, 5.41) is 5.83. The topological polar surface area (TPSA) is 92.9 Å². The molecule has 19 heavy (non-hydrogen) atoms. The highest BCUT2D eigenvalue weighted by Gasteiger charge is 2.27. The van der Waals surface area contributed by atoms with Gasteiger partial charge < -0.3 is 16.4 Å². The maximum absolute atomic E-state index is 11.6. The molecule has 6 heteroatoms. The molecule has 0 aromatic carbocycles.